The molecule has 1 aliphatic rings. The van der Waals surface area contributed by atoms with Gasteiger partial charge < -0.3 is 14.8 Å². The lowest BCUT2D eigenvalue weighted by molar-refractivity contribution is 0.0130. The van der Waals surface area contributed by atoms with Crippen molar-refractivity contribution in [3.63, 3.8) is 0 Å². The van der Waals surface area contributed by atoms with E-state index in [1.165, 1.54) is 5.56 Å². The summed E-state index contributed by atoms with van der Waals surface area (Å²) in [6.45, 7) is 3.85. The van der Waals surface area contributed by atoms with Crippen LogP contribution < -0.4 is 10.1 Å². The standard InChI is InChI=1S/C14H19Br2NO2/c1-9-5-11(3-4-19-9)17-8-10-6-12(15)14(18-2)13(16)7-10/h6-7,9,11,17H,3-5,8H2,1-2H3. The molecular weight excluding hydrogens is 374 g/mol. The van der Waals surface area contributed by atoms with Crippen molar-refractivity contribution >= 4 is 31.9 Å². The summed E-state index contributed by atoms with van der Waals surface area (Å²) >= 11 is 7.06. The molecule has 3 nitrogen and oxygen atoms in total. The Morgan fingerprint density at radius 1 is 1.37 bits per heavy atom. The quantitative estimate of drug-likeness (QED) is 0.843. The molecule has 0 aromatic heterocycles. The van der Waals surface area contributed by atoms with E-state index in [1.807, 2.05) is 0 Å². The van der Waals surface area contributed by atoms with E-state index in [1.54, 1.807) is 7.11 Å². The molecule has 1 aliphatic heterocycles. The summed E-state index contributed by atoms with van der Waals surface area (Å²) in [6, 6.07) is 4.74. The zero-order chi connectivity index (χ0) is 13.8. The van der Waals surface area contributed by atoms with E-state index in [2.05, 4.69) is 56.2 Å². The van der Waals surface area contributed by atoms with Crippen LogP contribution in [0.25, 0.3) is 0 Å². The fourth-order valence-electron chi connectivity index (χ4n) is 2.36. The van der Waals surface area contributed by atoms with Crippen LogP contribution in [-0.4, -0.2) is 25.9 Å². The van der Waals surface area contributed by atoms with Crippen molar-refractivity contribution in [2.45, 2.75) is 38.5 Å². The molecule has 0 saturated carbocycles. The van der Waals surface area contributed by atoms with Crippen LogP contribution in [0.3, 0.4) is 0 Å². The Bertz CT molecular complexity index is 416. The molecule has 0 aliphatic carbocycles. The molecular formula is C14H19Br2NO2. The zero-order valence-electron chi connectivity index (χ0n) is 11.2. The molecule has 0 amide bonds. The second-order valence-corrected chi connectivity index (χ2v) is 6.58. The Kier molecular flexibility index (Phi) is 5.69. The largest absolute Gasteiger partial charge is 0.494 e. The first kappa shape index (κ1) is 15.3. The molecule has 19 heavy (non-hydrogen) atoms. The number of hydrogen-bond donors (Lipinski definition) is 1. The fraction of sp³-hybridized carbons (Fsp3) is 0.571. The van der Waals surface area contributed by atoms with E-state index in [-0.39, 0.29) is 0 Å². The Morgan fingerprint density at radius 3 is 2.63 bits per heavy atom. The highest BCUT2D eigenvalue weighted by Crippen LogP contribution is 2.34. The number of benzene rings is 1. The first-order valence-corrected chi connectivity index (χ1v) is 8.05. The van der Waals surface area contributed by atoms with E-state index in [9.17, 15) is 0 Å². The van der Waals surface area contributed by atoms with Gasteiger partial charge in [0.25, 0.3) is 0 Å². The third kappa shape index (κ3) is 4.18. The number of ether oxygens (including phenoxy) is 2. The first-order chi connectivity index (χ1) is 9.10. The van der Waals surface area contributed by atoms with Gasteiger partial charge in [-0.3, -0.25) is 0 Å². The molecule has 106 valence electrons. The Balaban J connectivity index is 1.96. The molecule has 0 radical (unpaired) electrons. The number of hydrogen-bond acceptors (Lipinski definition) is 3. The Hall–Kier alpha value is -0.100. The topological polar surface area (TPSA) is 30.5 Å². The lowest BCUT2D eigenvalue weighted by Crippen LogP contribution is -2.37. The zero-order valence-corrected chi connectivity index (χ0v) is 14.4. The van der Waals surface area contributed by atoms with E-state index in [0.29, 0.717) is 12.1 Å². The van der Waals surface area contributed by atoms with Gasteiger partial charge in [-0.15, -0.1) is 0 Å². The van der Waals surface area contributed by atoms with Crippen molar-refractivity contribution < 1.29 is 9.47 Å². The minimum atomic E-state index is 0.362. The summed E-state index contributed by atoms with van der Waals surface area (Å²) < 4.78 is 12.8. The number of nitrogens with one attached hydrogen (secondary N) is 1. The third-order valence-corrected chi connectivity index (χ3v) is 4.52. The van der Waals surface area contributed by atoms with E-state index in [4.69, 9.17) is 9.47 Å². The van der Waals surface area contributed by atoms with Gasteiger partial charge in [-0.2, -0.15) is 0 Å². The molecule has 1 aromatic carbocycles. The van der Waals surface area contributed by atoms with Crippen LogP contribution in [0.2, 0.25) is 0 Å². The highest BCUT2D eigenvalue weighted by atomic mass is 79.9. The minimum Gasteiger partial charge on any atom is -0.494 e. The highest BCUT2D eigenvalue weighted by molar-refractivity contribution is 9.11. The van der Waals surface area contributed by atoms with Gasteiger partial charge in [0, 0.05) is 19.2 Å². The van der Waals surface area contributed by atoms with Crippen molar-refractivity contribution in [1.29, 1.82) is 0 Å². The molecule has 1 aromatic rings. The fourth-order valence-corrected chi connectivity index (χ4v) is 3.96. The monoisotopic (exact) mass is 391 g/mol. The molecule has 1 heterocycles. The average molecular weight is 393 g/mol. The number of methoxy groups -OCH3 is 1. The molecule has 2 unspecified atom stereocenters. The van der Waals surface area contributed by atoms with Crippen LogP contribution >= 0.6 is 31.9 Å². The lowest BCUT2D eigenvalue weighted by Gasteiger charge is -2.28. The summed E-state index contributed by atoms with van der Waals surface area (Å²) in [5.74, 6) is 0.837. The lowest BCUT2D eigenvalue weighted by atomic mass is 10.0. The maximum absolute atomic E-state index is 5.56. The van der Waals surface area contributed by atoms with E-state index >= 15 is 0 Å². The van der Waals surface area contributed by atoms with Crippen LogP contribution in [0.5, 0.6) is 5.75 Å². The summed E-state index contributed by atoms with van der Waals surface area (Å²) in [5, 5.41) is 3.60. The normalized spacial score (nSPS) is 23.4. The van der Waals surface area contributed by atoms with Crippen LogP contribution in [0.1, 0.15) is 25.3 Å². The smallest absolute Gasteiger partial charge is 0.147 e. The first-order valence-electron chi connectivity index (χ1n) is 6.47. The molecule has 2 atom stereocenters. The summed E-state index contributed by atoms with van der Waals surface area (Å²) in [7, 11) is 1.67. The average Bonchev–Trinajstić information content (AvgIpc) is 2.36. The van der Waals surface area contributed by atoms with Crippen LogP contribution in [0.15, 0.2) is 21.1 Å². The second-order valence-electron chi connectivity index (χ2n) is 4.88. The van der Waals surface area contributed by atoms with Gasteiger partial charge in [0.2, 0.25) is 0 Å². The Labute approximate surface area is 131 Å². The predicted octanol–water partition coefficient (Wildman–Crippen LogP) is 3.88. The van der Waals surface area contributed by atoms with Crippen LogP contribution in [0.4, 0.5) is 0 Å². The molecule has 1 N–H and O–H groups in total. The third-order valence-electron chi connectivity index (χ3n) is 3.34. The molecule has 0 spiro atoms. The summed E-state index contributed by atoms with van der Waals surface area (Å²) in [5.41, 5.74) is 1.23. The van der Waals surface area contributed by atoms with Crippen molar-refractivity contribution in [1.82, 2.24) is 5.32 Å². The van der Waals surface area contributed by atoms with Crippen molar-refractivity contribution in [2.75, 3.05) is 13.7 Å². The molecule has 5 heteroatoms. The molecule has 1 saturated heterocycles. The van der Waals surface area contributed by atoms with E-state index < -0.39 is 0 Å². The Morgan fingerprint density at radius 2 is 2.05 bits per heavy atom. The van der Waals surface area contributed by atoms with Gasteiger partial charge in [0.15, 0.2) is 0 Å². The maximum Gasteiger partial charge on any atom is 0.147 e. The minimum absolute atomic E-state index is 0.362. The molecule has 0 bridgehead atoms. The summed E-state index contributed by atoms with van der Waals surface area (Å²) in [6.07, 6.45) is 2.53. The van der Waals surface area contributed by atoms with Crippen molar-refractivity contribution in [2.24, 2.45) is 0 Å². The van der Waals surface area contributed by atoms with Gasteiger partial charge in [-0.05, 0) is 69.3 Å². The van der Waals surface area contributed by atoms with Crippen molar-refractivity contribution in [3.05, 3.63) is 26.6 Å². The van der Waals surface area contributed by atoms with Crippen LogP contribution in [-0.2, 0) is 11.3 Å². The van der Waals surface area contributed by atoms with Gasteiger partial charge in [-0.25, -0.2) is 0 Å². The van der Waals surface area contributed by atoms with Gasteiger partial charge in [-0.1, -0.05) is 0 Å². The predicted molar refractivity (Wildman–Crippen MR) is 83.7 cm³/mol. The summed E-state index contributed by atoms with van der Waals surface area (Å²) in [4.78, 5) is 0. The van der Waals surface area contributed by atoms with E-state index in [0.717, 1.165) is 40.7 Å². The van der Waals surface area contributed by atoms with Gasteiger partial charge in [0.05, 0.1) is 22.2 Å². The number of halogens is 2. The van der Waals surface area contributed by atoms with Gasteiger partial charge in [0.1, 0.15) is 5.75 Å². The number of rotatable bonds is 4. The second kappa shape index (κ2) is 7.07. The highest BCUT2D eigenvalue weighted by Gasteiger charge is 2.18. The molecule has 2 rings (SSSR count). The van der Waals surface area contributed by atoms with Crippen molar-refractivity contribution in [3.8, 4) is 5.75 Å². The van der Waals surface area contributed by atoms with Gasteiger partial charge >= 0.3 is 0 Å². The SMILES string of the molecule is COc1c(Br)cc(CNC2CCOC(C)C2)cc1Br. The van der Waals surface area contributed by atoms with Crippen LogP contribution in [0, 0.1) is 0 Å². The molecule has 1 fully saturated rings. The maximum atomic E-state index is 5.56.